The summed E-state index contributed by atoms with van der Waals surface area (Å²) >= 11 is 6.03. The Morgan fingerprint density at radius 2 is 2.02 bits per heavy atom. The number of nitrogens with one attached hydrogen (secondary N) is 2. The van der Waals surface area contributed by atoms with Crippen LogP contribution in [-0.2, 0) is 16.1 Å². The molecule has 210 valence electrons. The third-order valence-corrected chi connectivity index (χ3v) is 7.43. The van der Waals surface area contributed by atoms with Gasteiger partial charge in [-0.05, 0) is 49.1 Å². The highest BCUT2D eigenvalue weighted by Crippen LogP contribution is 2.34. The van der Waals surface area contributed by atoms with Gasteiger partial charge in [-0.15, -0.1) is 0 Å². The summed E-state index contributed by atoms with van der Waals surface area (Å²) in [7, 11) is 0. The van der Waals surface area contributed by atoms with Gasteiger partial charge in [-0.2, -0.15) is 0 Å². The van der Waals surface area contributed by atoms with Crippen LogP contribution in [0.3, 0.4) is 0 Å². The number of carbonyl (C=O) groups is 2. The van der Waals surface area contributed by atoms with Gasteiger partial charge in [-0.3, -0.25) is 9.59 Å². The third-order valence-electron chi connectivity index (χ3n) is 7.19. The van der Waals surface area contributed by atoms with Crippen LogP contribution in [0.15, 0.2) is 42.6 Å². The average Bonchev–Trinajstić information content (AvgIpc) is 3.30. The highest BCUT2D eigenvalue weighted by Gasteiger charge is 2.38. The second kappa shape index (κ2) is 11.8. The van der Waals surface area contributed by atoms with Crippen LogP contribution in [0.4, 0.5) is 14.7 Å². The average molecular weight is 572 g/mol. The molecular weight excluding hydrogens is 544 g/mol. The zero-order chi connectivity index (χ0) is 28.4. The Balaban J connectivity index is 1.35. The molecule has 3 aromatic rings. The summed E-state index contributed by atoms with van der Waals surface area (Å²) in [5.74, 6) is -2.83. The number of fused-ring (bicyclic) bond motifs is 1. The number of hydrogen-bond acceptors (Lipinski definition) is 7. The van der Waals surface area contributed by atoms with Gasteiger partial charge in [0.25, 0.3) is 5.91 Å². The maximum atomic E-state index is 15.8. The number of aliphatic hydroxyl groups is 1. The first-order valence-electron chi connectivity index (χ1n) is 12.9. The van der Waals surface area contributed by atoms with Gasteiger partial charge in [0.15, 0.2) is 5.82 Å². The fourth-order valence-electron chi connectivity index (χ4n) is 4.92. The fraction of sp³-hybridized carbons (Fsp3) is 0.357. The van der Waals surface area contributed by atoms with E-state index in [9.17, 15) is 19.1 Å². The van der Waals surface area contributed by atoms with E-state index in [4.69, 9.17) is 16.3 Å². The summed E-state index contributed by atoms with van der Waals surface area (Å²) in [4.78, 5) is 35.8. The summed E-state index contributed by atoms with van der Waals surface area (Å²) in [5.41, 5.74) is 0.286. The number of anilines is 1. The van der Waals surface area contributed by atoms with Crippen LogP contribution in [0.1, 0.15) is 47.3 Å². The van der Waals surface area contributed by atoms with E-state index in [1.165, 1.54) is 24.0 Å². The molecule has 12 heteroatoms. The predicted molar refractivity (Wildman–Crippen MR) is 144 cm³/mol. The number of benzene rings is 2. The quantitative estimate of drug-likeness (QED) is 0.376. The summed E-state index contributed by atoms with van der Waals surface area (Å²) in [6.45, 7) is 2.29. The number of aliphatic hydroxyl groups excluding tert-OH is 1. The Bertz CT molecular complexity index is 1440. The lowest BCUT2D eigenvalue weighted by molar-refractivity contribution is -0.126. The van der Waals surface area contributed by atoms with Crippen LogP contribution < -0.4 is 10.6 Å². The molecule has 2 amide bonds. The van der Waals surface area contributed by atoms with Crippen LogP contribution in [-0.4, -0.2) is 63.7 Å². The minimum absolute atomic E-state index is 0.0102. The minimum atomic E-state index is -0.984. The number of rotatable bonds is 8. The molecule has 0 aliphatic carbocycles. The number of carbonyl (C=O) groups excluding carboxylic acids is 2. The lowest BCUT2D eigenvalue weighted by Gasteiger charge is -2.26. The summed E-state index contributed by atoms with van der Waals surface area (Å²) < 4.78 is 35.9. The molecule has 5 rings (SSSR count). The predicted octanol–water partition coefficient (Wildman–Crippen LogP) is 3.86. The van der Waals surface area contributed by atoms with Gasteiger partial charge in [-0.25, -0.2) is 18.7 Å². The van der Waals surface area contributed by atoms with E-state index in [0.717, 1.165) is 19.0 Å². The van der Waals surface area contributed by atoms with E-state index >= 15 is 4.39 Å². The molecule has 0 saturated carbocycles. The molecule has 3 N–H and O–H groups in total. The van der Waals surface area contributed by atoms with E-state index < -0.39 is 35.5 Å². The Morgan fingerprint density at radius 3 is 2.75 bits per heavy atom. The Labute approximate surface area is 234 Å². The van der Waals surface area contributed by atoms with Crippen LogP contribution >= 0.6 is 11.6 Å². The van der Waals surface area contributed by atoms with Gasteiger partial charge in [0.2, 0.25) is 11.9 Å². The number of aromatic nitrogens is 2. The number of hydrogen-bond donors (Lipinski definition) is 3. The molecule has 0 bridgehead atoms. The SMILES string of the molecule is C[C@H](C(=O)N[C@H](CO)c1cccc(Cl)c1)N1Cc2ccc(-c3nc(NC4CCOCC4)ncc3F)c(F)c2C1=O. The van der Waals surface area contributed by atoms with Crippen molar-refractivity contribution in [2.75, 3.05) is 25.1 Å². The second-order valence-corrected chi connectivity index (χ2v) is 10.2. The van der Waals surface area contributed by atoms with E-state index in [0.29, 0.717) is 29.4 Å². The van der Waals surface area contributed by atoms with Crippen molar-refractivity contribution < 1.29 is 28.2 Å². The minimum Gasteiger partial charge on any atom is -0.394 e. The summed E-state index contributed by atoms with van der Waals surface area (Å²) in [5, 5.41) is 16.1. The van der Waals surface area contributed by atoms with E-state index in [1.807, 2.05) is 0 Å². The van der Waals surface area contributed by atoms with Crippen LogP contribution in [0, 0.1) is 11.6 Å². The van der Waals surface area contributed by atoms with Crippen molar-refractivity contribution in [1.82, 2.24) is 20.2 Å². The molecule has 1 fully saturated rings. The molecule has 0 radical (unpaired) electrons. The molecule has 9 nitrogen and oxygen atoms in total. The molecular formula is C28H28ClF2N5O4. The number of halogens is 3. The summed E-state index contributed by atoms with van der Waals surface area (Å²) in [6, 6.07) is 7.92. The van der Waals surface area contributed by atoms with Crippen LogP contribution in [0.5, 0.6) is 0 Å². The van der Waals surface area contributed by atoms with E-state index in [2.05, 4.69) is 20.6 Å². The largest absolute Gasteiger partial charge is 0.394 e. The van der Waals surface area contributed by atoms with Crippen molar-refractivity contribution in [2.45, 2.75) is 44.4 Å². The van der Waals surface area contributed by atoms with Crippen LogP contribution in [0.2, 0.25) is 5.02 Å². The van der Waals surface area contributed by atoms with Gasteiger partial charge < -0.3 is 25.4 Å². The molecule has 2 aliphatic rings. The van der Waals surface area contributed by atoms with Gasteiger partial charge in [0.05, 0.1) is 24.4 Å². The van der Waals surface area contributed by atoms with Gasteiger partial charge >= 0.3 is 0 Å². The lowest BCUT2D eigenvalue weighted by Crippen LogP contribution is -2.46. The zero-order valence-corrected chi connectivity index (χ0v) is 22.4. The Hall–Kier alpha value is -3.67. The summed E-state index contributed by atoms with van der Waals surface area (Å²) in [6.07, 6.45) is 2.43. The number of nitrogens with zero attached hydrogens (tertiary/aromatic N) is 3. The lowest BCUT2D eigenvalue weighted by atomic mass is 10.0. The maximum Gasteiger partial charge on any atom is 0.258 e. The monoisotopic (exact) mass is 571 g/mol. The smallest absolute Gasteiger partial charge is 0.258 e. The van der Waals surface area contributed by atoms with Gasteiger partial charge in [-0.1, -0.05) is 29.8 Å². The standard InChI is InChI=1S/C28H28ClF2N5O4/c1-15(26(38)34-22(14-37)16-3-2-4-18(29)11-16)36-13-17-5-6-20(24(31)23(17)27(36)39)25-21(30)12-32-28(35-25)33-19-7-9-40-10-8-19/h2-6,11-12,15,19,22,37H,7-10,13-14H2,1H3,(H,34,38)(H,32,33,35)/t15-,22-/m1/s1. The second-order valence-electron chi connectivity index (χ2n) is 9.79. The van der Waals surface area contributed by atoms with Crippen molar-refractivity contribution in [3.63, 3.8) is 0 Å². The van der Waals surface area contributed by atoms with E-state index in [1.54, 1.807) is 24.3 Å². The first kappa shape index (κ1) is 27.9. The first-order chi connectivity index (χ1) is 19.3. The molecule has 40 heavy (non-hydrogen) atoms. The highest BCUT2D eigenvalue weighted by molar-refractivity contribution is 6.30. The topological polar surface area (TPSA) is 117 Å². The molecule has 0 unspecified atom stereocenters. The van der Waals surface area contributed by atoms with Gasteiger partial charge in [0, 0.05) is 36.4 Å². The maximum absolute atomic E-state index is 15.8. The van der Waals surface area contributed by atoms with Gasteiger partial charge in [0.1, 0.15) is 17.6 Å². The van der Waals surface area contributed by atoms with E-state index in [-0.39, 0.29) is 42.0 Å². The number of ether oxygens (including phenoxy) is 1. The number of amides is 2. The van der Waals surface area contributed by atoms with Crippen molar-refractivity contribution >= 4 is 29.4 Å². The molecule has 3 heterocycles. The first-order valence-corrected chi connectivity index (χ1v) is 13.3. The molecule has 1 aromatic heterocycles. The van der Waals surface area contributed by atoms with Crippen LogP contribution in [0.25, 0.3) is 11.3 Å². The Kier molecular flexibility index (Phi) is 8.24. The molecule has 0 spiro atoms. The molecule has 2 atom stereocenters. The van der Waals surface area contributed by atoms with Crippen molar-refractivity contribution in [1.29, 1.82) is 0 Å². The Morgan fingerprint density at radius 1 is 1.25 bits per heavy atom. The molecule has 1 saturated heterocycles. The molecule has 2 aliphatic heterocycles. The molecule has 2 aromatic carbocycles. The fourth-order valence-corrected chi connectivity index (χ4v) is 5.11. The van der Waals surface area contributed by atoms with Crippen molar-refractivity contribution in [3.8, 4) is 11.3 Å². The van der Waals surface area contributed by atoms with Crippen molar-refractivity contribution in [2.24, 2.45) is 0 Å². The van der Waals surface area contributed by atoms with Crippen molar-refractivity contribution in [3.05, 3.63) is 75.9 Å². The third kappa shape index (κ3) is 5.63. The normalized spacial score (nSPS) is 16.9. The highest BCUT2D eigenvalue weighted by atomic mass is 35.5. The zero-order valence-electron chi connectivity index (χ0n) is 21.7.